The van der Waals surface area contributed by atoms with E-state index in [1.54, 1.807) is 25.4 Å². The number of hydrogen-bond acceptors (Lipinski definition) is 6. The number of benzene rings is 1. The third kappa shape index (κ3) is 4.67. The first-order valence-corrected chi connectivity index (χ1v) is 12.0. The average molecular weight is 445 g/mol. The summed E-state index contributed by atoms with van der Waals surface area (Å²) in [4.78, 5) is 21.3. The molecule has 8 nitrogen and oxygen atoms in total. The zero-order valence-electron chi connectivity index (χ0n) is 17.7. The quantitative estimate of drug-likeness (QED) is 0.700. The molecule has 31 heavy (non-hydrogen) atoms. The maximum Gasteiger partial charge on any atom is 0.244 e. The number of piperidine rings is 1. The Morgan fingerprint density at radius 1 is 1.03 bits per heavy atom. The molecule has 0 saturated carbocycles. The van der Waals surface area contributed by atoms with E-state index in [1.165, 1.54) is 10.5 Å². The van der Waals surface area contributed by atoms with E-state index >= 15 is 0 Å². The van der Waals surface area contributed by atoms with Gasteiger partial charge in [-0.1, -0.05) is 6.07 Å². The number of anilines is 1. The normalized spacial score (nSPS) is 18.7. The molecule has 0 unspecified atom stereocenters. The minimum atomic E-state index is -3.55. The lowest BCUT2D eigenvalue weighted by atomic mass is 9.96. The van der Waals surface area contributed by atoms with Gasteiger partial charge in [-0.25, -0.2) is 8.42 Å². The lowest BCUT2D eigenvalue weighted by Crippen LogP contribution is -2.52. The Morgan fingerprint density at radius 3 is 2.42 bits per heavy atom. The minimum Gasteiger partial charge on any atom is -0.497 e. The molecular weight excluding hydrogens is 416 g/mol. The maximum atomic E-state index is 13.0. The Morgan fingerprint density at radius 2 is 1.77 bits per heavy atom. The predicted octanol–water partition coefficient (Wildman–Crippen LogP) is 1.84. The highest BCUT2D eigenvalue weighted by Gasteiger charge is 2.34. The number of pyridine rings is 1. The molecule has 2 aromatic rings. The van der Waals surface area contributed by atoms with Crippen LogP contribution < -0.4 is 9.64 Å². The average Bonchev–Trinajstić information content (AvgIpc) is 2.84. The van der Waals surface area contributed by atoms with E-state index in [0.29, 0.717) is 39.0 Å². The summed E-state index contributed by atoms with van der Waals surface area (Å²) in [5.74, 6) is 0.844. The first-order chi connectivity index (χ1) is 15.0. The fraction of sp³-hybridized carbons (Fsp3) is 0.455. The van der Waals surface area contributed by atoms with Crippen LogP contribution in [0, 0.1) is 5.92 Å². The van der Waals surface area contributed by atoms with E-state index in [9.17, 15) is 13.2 Å². The number of piperazine rings is 1. The number of rotatable bonds is 5. The van der Waals surface area contributed by atoms with Gasteiger partial charge in [0.1, 0.15) is 10.6 Å². The summed E-state index contributed by atoms with van der Waals surface area (Å²) in [5.41, 5.74) is 1.10. The molecule has 0 aliphatic carbocycles. The van der Waals surface area contributed by atoms with E-state index < -0.39 is 10.0 Å². The smallest absolute Gasteiger partial charge is 0.244 e. The van der Waals surface area contributed by atoms with Gasteiger partial charge in [-0.15, -0.1) is 0 Å². The zero-order chi connectivity index (χ0) is 21.8. The number of nitrogens with zero attached hydrogens (tertiary/aromatic N) is 4. The summed E-state index contributed by atoms with van der Waals surface area (Å²) >= 11 is 0. The van der Waals surface area contributed by atoms with Crippen LogP contribution in [0.4, 0.5) is 5.69 Å². The van der Waals surface area contributed by atoms with Crippen molar-refractivity contribution in [2.24, 2.45) is 5.92 Å². The zero-order valence-corrected chi connectivity index (χ0v) is 18.5. The molecule has 0 spiro atoms. The predicted molar refractivity (Wildman–Crippen MR) is 118 cm³/mol. The van der Waals surface area contributed by atoms with Gasteiger partial charge in [0.2, 0.25) is 15.9 Å². The summed E-state index contributed by atoms with van der Waals surface area (Å²) < 4.78 is 32.3. The molecule has 166 valence electrons. The minimum absolute atomic E-state index is 0.122. The fourth-order valence-electron chi connectivity index (χ4n) is 4.24. The first kappa shape index (κ1) is 21.6. The number of amides is 1. The highest BCUT2D eigenvalue weighted by atomic mass is 32.2. The van der Waals surface area contributed by atoms with Gasteiger partial charge in [-0.3, -0.25) is 9.78 Å². The molecule has 2 fully saturated rings. The number of aromatic nitrogens is 1. The summed E-state index contributed by atoms with van der Waals surface area (Å²) in [6.07, 6.45) is 4.02. The molecule has 2 aliphatic heterocycles. The Labute approximate surface area is 183 Å². The van der Waals surface area contributed by atoms with Gasteiger partial charge in [-0.2, -0.15) is 4.31 Å². The van der Waals surface area contributed by atoms with Crippen LogP contribution >= 0.6 is 0 Å². The van der Waals surface area contributed by atoms with Crippen LogP contribution in [0.3, 0.4) is 0 Å². The van der Waals surface area contributed by atoms with E-state index in [0.717, 1.165) is 24.5 Å². The standard InChI is InChI=1S/C22H28N4O4S/c1-30-20-5-2-4-19(16-20)24-12-14-25(15-13-24)22(27)18-7-10-26(11-8-18)31(28,29)21-6-3-9-23-17-21/h2-6,9,16-18H,7-8,10-15H2,1H3. The van der Waals surface area contributed by atoms with Gasteiger partial charge >= 0.3 is 0 Å². The van der Waals surface area contributed by atoms with Crippen molar-refractivity contribution in [3.05, 3.63) is 48.8 Å². The van der Waals surface area contributed by atoms with Crippen molar-refractivity contribution in [2.45, 2.75) is 17.7 Å². The molecule has 0 radical (unpaired) electrons. The maximum absolute atomic E-state index is 13.0. The van der Waals surface area contributed by atoms with Crippen LogP contribution in [0.15, 0.2) is 53.7 Å². The van der Waals surface area contributed by atoms with Gasteiger partial charge in [0.05, 0.1) is 7.11 Å². The third-order valence-corrected chi connectivity index (χ3v) is 7.97. The number of carbonyl (C=O) groups is 1. The van der Waals surface area contributed by atoms with Crippen molar-refractivity contribution in [3.8, 4) is 5.75 Å². The van der Waals surface area contributed by atoms with Crippen molar-refractivity contribution >= 4 is 21.6 Å². The Hall–Kier alpha value is -2.65. The van der Waals surface area contributed by atoms with Crippen molar-refractivity contribution in [1.82, 2.24) is 14.2 Å². The second-order valence-corrected chi connectivity index (χ2v) is 9.82. The molecule has 1 aromatic heterocycles. The Kier molecular flexibility index (Phi) is 6.43. The third-order valence-electron chi connectivity index (χ3n) is 6.09. The lowest BCUT2D eigenvalue weighted by Gasteiger charge is -2.39. The van der Waals surface area contributed by atoms with Gasteiger partial charge in [0.25, 0.3) is 0 Å². The molecule has 1 amide bonds. The lowest BCUT2D eigenvalue weighted by molar-refractivity contribution is -0.137. The topological polar surface area (TPSA) is 83.0 Å². The first-order valence-electron chi connectivity index (χ1n) is 10.6. The van der Waals surface area contributed by atoms with Gasteiger partial charge in [-0.05, 0) is 37.1 Å². The molecule has 0 bridgehead atoms. The SMILES string of the molecule is COc1cccc(N2CCN(C(=O)C3CCN(S(=O)(=O)c4cccnc4)CC3)CC2)c1. The van der Waals surface area contributed by atoms with Crippen LogP contribution in [0.2, 0.25) is 0 Å². The van der Waals surface area contributed by atoms with Gasteiger partial charge in [0, 0.05) is 69.3 Å². The van der Waals surface area contributed by atoms with Gasteiger partial charge in [0.15, 0.2) is 0 Å². The number of carbonyl (C=O) groups excluding carboxylic acids is 1. The molecule has 9 heteroatoms. The molecular formula is C22H28N4O4S. The van der Waals surface area contributed by atoms with E-state index in [1.807, 2.05) is 23.1 Å². The molecule has 3 heterocycles. The van der Waals surface area contributed by atoms with Crippen molar-refractivity contribution in [3.63, 3.8) is 0 Å². The number of methoxy groups -OCH3 is 1. The molecule has 2 aliphatic rings. The van der Waals surface area contributed by atoms with E-state index in [-0.39, 0.29) is 16.7 Å². The summed E-state index contributed by atoms with van der Waals surface area (Å²) in [5, 5.41) is 0. The van der Waals surface area contributed by atoms with Crippen molar-refractivity contribution in [1.29, 1.82) is 0 Å². The van der Waals surface area contributed by atoms with Crippen LogP contribution in [0.5, 0.6) is 5.75 Å². The second-order valence-electron chi connectivity index (χ2n) is 7.88. The molecule has 4 rings (SSSR count). The monoisotopic (exact) mass is 444 g/mol. The number of hydrogen-bond donors (Lipinski definition) is 0. The van der Waals surface area contributed by atoms with Crippen molar-refractivity contribution in [2.75, 3.05) is 51.3 Å². The molecule has 0 N–H and O–H groups in total. The van der Waals surface area contributed by atoms with E-state index in [4.69, 9.17) is 4.74 Å². The second kappa shape index (κ2) is 9.23. The highest BCUT2D eigenvalue weighted by molar-refractivity contribution is 7.89. The molecule has 2 saturated heterocycles. The van der Waals surface area contributed by atoms with Crippen LogP contribution in [0.25, 0.3) is 0 Å². The van der Waals surface area contributed by atoms with Gasteiger partial charge < -0.3 is 14.5 Å². The van der Waals surface area contributed by atoms with Crippen molar-refractivity contribution < 1.29 is 17.9 Å². The van der Waals surface area contributed by atoms with E-state index in [2.05, 4.69) is 16.0 Å². The van der Waals surface area contributed by atoms with Crippen LogP contribution in [0.1, 0.15) is 12.8 Å². The highest BCUT2D eigenvalue weighted by Crippen LogP contribution is 2.26. The summed E-state index contributed by atoms with van der Waals surface area (Å²) in [7, 11) is -1.89. The fourth-order valence-corrected chi connectivity index (χ4v) is 5.68. The summed E-state index contributed by atoms with van der Waals surface area (Å²) in [6.45, 7) is 3.60. The summed E-state index contributed by atoms with van der Waals surface area (Å²) in [6, 6.07) is 11.1. The molecule has 0 atom stereocenters. The number of ether oxygens (including phenoxy) is 1. The largest absolute Gasteiger partial charge is 0.497 e. The molecule has 1 aromatic carbocycles. The number of sulfonamides is 1. The van der Waals surface area contributed by atoms with Crippen LogP contribution in [-0.4, -0.2) is 74.9 Å². The van der Waals surface area contributed by atoms with Crippen LogP contribution in [-0.2, 0) is 14.8 Å². The Bertz CT molecular complexity index is 999. The Balaban J connectivity index is 1.30.